The van der Waals surface area contributed by atoms with Gasteiger partial charge in [-0.2, -0.15) is 0 Å². The molecule has 0 amide bonds. The zero-order chi connectivity index (χ0) is 13.1. The molecule has 0 spiro atoms. The molecule has 1 aromatic carbocycles. The van der Waals surface area contributed by atoms with Gasteiger partial charge in [-0.1, -0.05) is 18.2 Å². The van der Waals surface area contributed by atoms with Gasteiger partial charge in [-0.3, -0.25) is 4.79 Å². The summed E-state index contributed by atoms with van der Waals surface area (Å²) in [7, 11) is 5.44. The Morgan fingerprint density at radius 2 is 2.06 bits per heavy atom. The summed E-state index contributed by atoms with van der Waals surface area (Å²) >= 11 is 0. The van der Waals surface area contributed by atoms with Crippen LogP contribution in [0, 0.1) is 0 Å². The second kappa shape index (κ2) is 5.53. The molecule has 0 N–H and O–H groups in total. The number of hydrogen-bond donors (Lipinski definition) is 0. The Morgan fingerprint density at radius 3 is 2.72 bits per heavy atom. The highest BCUT2D eigenvalue weighted by atomic mass is 16.5. The van der Waals surface area contributed by atoms with Crippen LogP contribution in [0.3, 0.4) is 0 Å². The fourth-order valence-corrected chi connectivity index (χ4v) is 2.64. The number of esters is 1. The van der Waals surface area contributed by atoms with Crippen LogP contribution in [-0.4, -0.2) is 32.1 Å². The Labute approximate surface area is 109 Å². The van der Waals surface area contributed by atoms with Gasteiger partial charge in [0.25, 0.3) is 0 Å². The summed E-state index contributed by atoms with van der Waals surface area (Å²) in [6, 6.07) is 6.72. The minimum atomic E-state index is -0.158. The Balaban J connectivity index is 2.22. The lowest BCUT2D eigenvalue weighted by atomic mass is 9.98. The topological polar surface area (TPSA) is 29.5 Å². The van der Waals surface area contributed by atoms with Crippen molar-refractivity contribution < 1.29 is 9.53 Å². The standard InChI is InChI=1S/C15H21NO2/c1-16(2)14(10-15(17)18-3)13-8-7-11-5-4-6-12(11)9-13/h7-9,14H,4-6,10H2,1-3H3. The van der Waals surface area contributed by atoms with Crippen LogP contribution in [-0.2, 0) is 22.4 Å². The molecule has 1 aliphatic carbocycles. The minimum Gasteiger partial charge on any atom is -0.469 e. The normalized spacial score (nSPS) is 15.6. The van der Waals surface area contributed by atoms with Crippen LogP contribution < -0.4 is 0 Å². The molecule has 0 saturated carbocycles. The summed E-state index contributed by atoms with van der Waals surface area (Å²) in [6.45, 7) is 0. The van der Waals surface area contributed by atoms with Crippen molar-refractivity contribution in [2.45, 2.75) is 31.7 Å². The molecule has 2 rings (SSSR count). The van der Waals surface area contributed by atoms with Crippen LogP contribution in [0.4, 0.5) is 0 Å². The SMILES string of the molecule is COC(=O)CC(c1ccc2c(c1)CCC2)N(C)C. The zero-order valence-corrected chi connectivity index (χ0v) is 11.4. The fourth-order valence-electron chi connectivity index (χ4n) is 2.64. The van der Waals surface area contributed by atoms with Crippen LogP contribution in [0.2, 0.25) is 0 Å². The van der Waals surface area contributed by atoms with E-state index < -0.39 is 0 Å². The fraction of sp³-hybridized carbons (Fsp3) is 0.533. The Bertz CT molecular complexity index is 440. The van der Waals surface area contributed by atoms with E-state index in [1.807, 2.05) is 14.1 Å². The number of fused-ring (bicyclic) bond motifs is 1. The van der Waals surface area contributed by atoms with Gasteiger partial charge in [0.15, 0.2) is 0 Å². The van der Waals surface area contributed by atoms with Crippen molar-refractivity contribution in [2.24, 2.45) is 0 Å². The number of methoxy groups -OCH3 is 1. The number of rotatable bonds is 4. The van der Waals surface area contributed by atoms with Gasteiger partial charge in [-0.05, 0) is 50.0 Å². The second-order valence-electron chi connectivity index (χ2n) is 5.14. The van der Waals surface area contributed by atoms with Gasteiger partial charge >= 0.3 is 5.97 Å². The molecule has 18 heavy (non-hydrogen) atoms. The van der Waals surface area contributed by atoms with E-state index in [-0.39, 0.29) is 12.0 Å². The Kier molecular flexibility index (Phi) is 4.02. The van der Waals surface area contributed by atoms with Crippen LogP contribution in [0.1, 0.15) is 35.6 Å². The molecule has 1 atom stereocenters. The molecule has 1 unspecified atom stereocenters. The maximum absolute atomic E-state index is 11.5. The third-order valence-corrected chi connectivity index (χ3v) is 3.72. The molecule has 0 aliphatic heterocycles. The van der Waals surface area contributed by atoms with E-state index in [2.05, 4.69) is 23.1 Å². The van der Waals surface area contributed by atoms with Gasteiger partial charge in [0, 0.05) is 6.04 Å². The van der Waals surface area contributed by atoms with Crippen LogP contribution in [0.25, 0.3) is 0 Å². The van der Waals surface area contributed by atoms with Crippen molar-refractivity contribution in [3.8, 4) is 0 Å². The van der Waals surface area contributed by atoms with Gasteiger partial charge in [0.1, 0.15) is 0 Å². The summed E-state index contributed by atoms with van der Waals surface area (Å²) < 4.78 is 4.78. The first-order valence-electron chi connectivity index (χ1n) is 6.46. The molecule has 1 aliphatic rings. The zero-order valence-electron chi connectivity index (χ0n) is 11.4. The lowest BCUT2D eigenvalue weighted by Crippen LogP contribution is -2.23. The molecule has 0 fully saturated rings. The number of ether oxygens (including phenoxy) is 1. The number of benzene rings is 1. The van der Waals surface area contributed by atoms with Gasteiger partial charge in [0.05, 0.1) is 13.5 Å². The highest BCUT2D eigenvalue weighted by Gasteiger charge is 2.20. The summed E-state index contributed by atoms with van der Waals surface area (Å²) in [5.41, 5.74) is 4.13. The van der Waals surface area contributed by atoms with E-state index in [1.54, 1.807) is 0 Å². The molecule has 0 heterocycles. The van der Waals surface area contributed by atoms with Crippen molar-refractivity contribution >= 4 is 5.97 Å². The molecular formula is C15H21NO2. The van der Waals surface area contributed by atoms with Crippen molar-refractivity contribution in [3.63, 3.8) is 0 Å². The number of carbonyl (C=O) groups is 1. The summed E-state index contributed by atoms with van der Waals surface area (Å²) in [5.74, 6) is -0.158. The van der Waals surface area contributed by atoms with E-state index in [0.29, 0.717) is 6.42 Å². The van der Waals surface area contributed by atoms with E-state index >= 15 is 0 Å². The average molecular weight is 247 g/mol. The van der Waals surface area contributed by atoms with E-state index in [4.69, 9.17) is 4.74 Å². The third kappa shape index (κ3) is 2.72. The Morgan fingerprint density at radius 1 is 1.33 bits per heavy atom. The van der Waals surface area contributed by atoms with Crippen LogP contribution in [0.5, 0.6) is 0 Å². The second-order valence-corrected chi connectivity index (χ2v) is 5.14. The number of hydrogen-bond acceptors (Lipinski definition) is 3. The highest BCUT2D eigenvalue weighted by Crippen LogP contribution is 2.28. The Hall–Kier alpha value is -1.35. The molecule has 0 bridgehead atoms. The average Bonchev–Trinajstić information content (AvgIpc) is 2.82. The van der Waals surface area contributed by atoms with Crippen molar-refractivity contribution in [3.05, 3.63) is 34.9 Å². The first-order valence-corrected chi connectivity index (χ1v) is 6.46. The predicted molar refractivity (Wildman–Crippen MR) is 71.5 cm³/mol. The maximum Gasteiger partial charge on any atom is 0.307 e. The van der Waals surface area contributed by atoms with Gasteiger partial charge < -0.3 is 9.64 Å². The molecule has 0 saturated heterocycles. The summed E-state index contributed by atoms with van der Waals surface area (Å²) in [5, 5.41) is 0. The smallest absolute Gasteiger partial charge is 0.307 e. The van der Waals surface area contributed by atoms with Gasteiger partial charge in [-0.25, -0.2) is 0 Å². The first-order chi connectivity index (χ1) is 8.61. The predicted octanol–water partition coefficient (Wildman–Crippen LogP) is 2.34. The molecule has 1 aromatic rings. The van der Waals surface area contributed by atoms with Gasteiger partial charge in [-0.15, -0.1) is 0 Å². The first kappa shape index (κ1) is 13.1. The van der Waals surface area contributed by atoms with Gasteiger partial charge in [0.2, 0.25) is 0 Å². The van der Waals surface area contributed by atoms with Crippen LogP contribution in [0.15, 0.2) is 18.2 Å². The summed E-state index contributed by atoms with van der Waals surface area (Å²) in [6.07, 6.45) is 4.02. The molecule has 0 aromatic heterocycles. The molecule has 98 valence electrons. The quantitative estimate of drug-likeness (QED) is 0.765. The molecule has 0 radical (unpaired) electrons. The summed E-state index contributed by atoms with van der Waals surface area (Å²) in [4.78, 5) is 13.6. The highest BCUT2D eigenvalue weighted by molar-refractivity contribution is 5.70. The van der Waals surface area contributed by atoms with E-state index in [1.165, 1.54) is 43.1 Å². The largest absolute Gasteiger partial charge is 0.469 e. The minimum absolute atomic E-state index is 0.100. The maximum atomic E-state index is 11.5. The molecule has 3 heteroatoms. The molecule has 3 nitrogen and oxygen atoms in total. The lowest BCUT2D eigenvalue weighted by Gasteiger charge is -2.24. The lowest BCUT2D eigenvalue weighted by molar-refractivity contribution is -0.141. The van der Waals surface area contributed by atoms with Crippen molar-refractivity contribution in [1.82, 2.24) is 4.90 Å². The van der Waals surface area contributed by atoms with Crippen LogP contribution >= 0.6 is 0 Å². The van der Waals surface area contributed by atoms with E-state index in [9.17, 15) is 4.79 Å². The van der Waals surface area contributed by atoms with Crippen molar-refractivity contribution in [2.75, 3.05) is 21.2 Å². The number of aryl methyl sites for hydroxylation is 2. The number of nitrogens with zero attached hydrogens (tertiary/aromatic N) is 1. The molecular weight excluding hydrogens is 226 g/mol. The monoisotopic (exact) mass is 247 g/mol. The van der Waals surface area contributed by atoms with E-state index in [0.717, 1.165) is 0 Å². The van der Waals surface area contributed by atoms with Crippen molar-refractivity contribution in [1.29, 1.82) is 0 Å². The third-order valence-electron chi connectivity index (χ3n) is 3.72. The number of carbonyl (C=O) groups excluding carboxylic acids is 1.